The summed E-state index contributed by atoms with van der Waals surface area (Å²) in [7, 11) is 0. The highest BCUT2D eigenvalue weighted by molar-refractivity contribution is 5.92. The molecule has 0 aliphatic rings. The molecule has 96 valence electrons. The Morgan fingerprint density at radius 3 is 2.06 bits per heavy atom. The second-order valence-corrected chi connectivity index (χ2v) is 2.79. The lowest BCUT2D eigenvalue weighted by Gasteiger charge is -2.08. The quantitative estimate of drug-likeness (QED) is 0.895. The predicted octanol–water partition coefficient (Wildman–Crippen LogP) is 2.75. The molecular weight excluding hydrogens is 235 g/mol. The molecule has 0 unspecified atom stereocenters. The summed E-state index contributed by atoms with van der Waals surface area (Å²) >= 11 is 0. The molecule has 0 saturated carbocycles. The van der Waals surface area contributed by atoms with E-state index < -0.39 is 18.7 Å². The Bertz CT molecular complexity index is 347. The van der Waals surface area contributed by atoms with Gasteiger partial charge in [-0.25, -0.2) is 0 Å². The third-order valence-corrected chi connectivity index (χ3v) is 1.54. The van der Waals surface area contributed by atoms with E-state index >= 15 is 0 Å². The maximum absolute atomic E-state index is 11.7. The van der Waals surface area contributed by atoms with Gasteiger partial charge >= 0.3 is 6.18 Å². The smallest absolute Gasteiger partial charge is 0.422 e. The zero-order valence-corrected chi connectivity index (χ0v) is 9.54. The zero-order chi connectivity index (χ0) is 13.5. The lowest BCUT2D eigenvalue weighted by molar-refractivity contribution is -0.153. The van der Waals surface area contributed by atoms with Crippen LogP contribution in [-0.2, 0) is 0 Å². The number of benzene rings is 1. The third kappa shape index (κ3) is 6.44. The number of hydrogen-bond acceptors (Lipinski definition) is 2. The van der Waals surface area contributed by atoms with Crippen molar-refractivity contribution in [3.63, 3.8) is 0 Å². The van der Waals surface area contributed by atoms with Crippen molar-refractivity contribution in [2.45, 2.75) is 20.0 Å². The molecule has 0 aromatic heterocycles. The average molecular weight is 249 g/mol. The van der Waals surface area contributed by atoms with E-state index in [9.17, 15) is 18.0 Å². The summed E-state index contributed by atoms with van der Waals surface area (Å²) in [4.78, 5) is 10.6. The van der Waals surface area contributed by atoms with Gasteiger partial charge < -0.3 is 10.5 Å². The number of ether oxygens (including phenoxy) is 1. The number of halogens is 3. The van der Waals surface area contributed by atoms with Gasteiger partial charge in [0.1, 0.15) is 5.75 Å². The number of carbonyl (C=O) groups excluding carboxylic acids is 1. The van der Waals surface area contributed by atoms with E-state index in [1.807, 2.05) is 13.8 Å². The van der Waals surface area contributed by atoms with Crippen molar-refractivity contribution in [2.24, 2.45) is 5.73 Å². The summed E-state index contributed by atoms with van der Waals surface area (Å²) in [6.45, 7) is 2.64. The van der Waals surface area contributed by atoms with Gasteiger partial charge in [0.25, 0.3) is 0 Å². The van der Waals surface area contributed by atoms with E-state index in [2.05, 4.69) is 4.74 Å². The van der Waals surface area contributed by atoms with E-state index in [0.717, 1.165) is 0 Å². The highest BCUT2D eigenvalue weighted by atomic mass is 19.4. The topological polar surface area (TPSA) is 52.3 Å². The van der Waals surface area contributed by atoms with Crippen LogP contribution in [-0.4, -0.2) is 18.7 Å². The minimum Gasteiger partial charge on any atom is -0.484 e. The predicted molar refractivity (Wildman–Crippen MR) is 57.9 cm³/mol. The first-order chi connectivity index (χ1) is 7.88. The first-order valence-electron chi connectivity index (χ1n) is 4.98. The van der Waals surface area contributed by atoms with Crippen LogP contribution in [0.2, 0.25) is 0 Å². The number of amides is 1. The van der Waals surface area contributed by atoms with Crippen molar-refractivity contribution >= 4 is 5.91 Å². The molecule has 0 aliphatic heterocycles. The molecule has 0 radical (unpaired) electrons. The fraction of sp³-hybridized carbons (Fsp3) is 0.364. The van der Waals surface area contributed by atoms with Crippen LogP contribution in [0, 0.1) is 0 Å². The van der Waals surface area contributed by atoms with Gasteiger partial charge in [-0.2, -0.15) is 13.2 Å². The van der Waals surface area contributed by atoms with Gasteiger partial charge in [-0.05, 0) is 24.3 Å². The van der Waals surface area contributed by atoms with Gasteiger partial charge in [0.2, 0.25) is 5.91 Å². The molecule has 0 atom stereocenters. The van der Waals surface area contributed by atoms with E-state index in [1.165, 1.54) is 24.3 Å². The number of primary amides is 1. The molecule has 3 nitrogen and oxygen atoms in total. The van der Waals surface area contributed by atoms with Crippen molar-refractivity contribution in [3.8, 4) is 5.75 Å². The van der Waals surface area contributed by atoms with Crippen molar-refractivity contribution in [1.82, 2.24) is 0 Å². The summed E-state index contributed by atoms with van der Waals surface area (Å²) in [6, 6.07) is 5.11. The standard InChI is InChI=1S/C9H8F3NO2.C2H6/c10-9(11,12)5-15-7-3-1-6(2-4-7)8(13)14;1-2/h1-4H,5H2,(H2,13,14);1-2H3. The first kappa shape index (κ1) is 15.3. The normalized spacial score (nSPS) is 10.2. The maximum Gasteiger partial charge on any atom is 0.422 e. The fourth-order valence-electron chi connectivity index (χ4n) is 0.881. The Morgan fingerprint density at radius 1 is 1.24 bits per heavy atom. The summed E-state index contributed by atoms with van der Waals surface area (Å²) in [5, 5.41) is 0. The SMILES string of the molecule is CC.NC(=O)c1ccc(OCC(F)(F)F)cc1. The number of hydrogen-bond donors (Lipinski definition) is 1. The highest BCUT2D eigenvalue weighted by Crippen LogP contribution is 2.18. The van der Waals surface area contributed by atoms with Gasteiger partial charge in [-0.1, -0.05) is 13.8 Å². The van der Waals surface area contributed by atoms with Gasteiger partial charge in [0, 0.05) is 5.56 Å². The van der Waals surface area contributed by atoms with E-state index in [0.29, 0.717) is 0 Å². The van der Waals surface area contributed by atoms with Gasteiger partial charge in [-0.3, -0.25) is 4.79 Å². The van der Waals surface area contributed by atoms with Crippen molar-refractivity contribution in [3.05, 3.63) is 29.8 Å². The number of rotatable bonds is 3. The van der Waals surface area contributed by atoms with Crippen molar-refractivity contribution in [1.29, 1.82) is 0 Å². The Kier molecular flexibility index (Phi) is 6.09. The van der Waals surface area contributed by atoms with E-state index in [4.69, 9.17) is 5.73 Å². The second kappa shape index (κ2) is 6.78. The second-order valence-electron chi connectivity index (χ2n) is 2.79. The molecular formula is C11H14F3NO2. The molecule has 2 N–H and O–H groups in total. The summed E-state index contributed by atoms with van der Waals surface area (Å²) in [6.07, 6.45) is -4.37. The number of alkyl halides is 3. The van der Waals surface area contributed by atoms with Gasteiger partial charge in [0.15, 0.2) is 6.61 Å². The van der Waals surface area contributed by atoms with Crippen LogP contribution < -0.4 is 10.5 Å². The lowest BCUT2D eigenvalue weighted by atomic mass is 10.2. The third-order valence-electron chi connectivity index (χ3n) is 1.54. The van der Waals surface area contributed by atoms with Crippen LogP contribution in [0.15, 0.2) is 24.3 Å². The molecule has 0 saturated heterocycles. The molecule has 0 heterocycles. The van der Waals surface area contributed by atoms with Crippen LogP contribution in [0.3, 0.4) is 0 Å². The monoisotopic (exact) mass is 249 g/mol. The van der Waals surface area contributed by atoms with E-state index in [-0.39, 0.29) is 11.3 Å². The molecule has 6 heteroatoms. The van der Waals surface area contributed by atoms with Crippen molar-refractivity contribution < 1.29 is 22.7 Å². The largest absolute Gasteiger partial charge is 0.484 e. The molecule has 0 bridgehead atoms. The van der Waals surface area contributed by atoms with Crippen LogP contribution in [0.1, 0.15) is 24.2 Å². The molecule has 17 heavy (non-hydrogen) atoms. The van der Waals surface area contributed by atoms with Crippen LogP contribution in [0.5, 0.6) is 5.75 Å². The van der Waals surface area contributed by atoms with Crippen LogP contribution in [0.25, 0.3) is 0 Å². The highest BCUT2D eigenvalue weighted by Gasteiger charge is 2.28. The summed E-state index contributed by atoms with van der Waals surface area (Å²) < 4.78 is 39.7. The van der Waals surface area contributed by atoms with Crippen LogP contribution in [0.4, 0.5) is 13.2 Å². The Hall–Kier alpha value is -1.72. The maximum atomic E-state index is 11.7. The molecule has 0 spiro atoms. The number of nitrogens with two attached hydrogens (primary N) is 1. The average Bonchev–Trinajstić information content (AvgIpc) is 2.29. The Labute approximate surface area is 97.4 Å². The molecule has 0 aliphatic carbocycles. The van der Waals surface area contributed by atoms with Gasteiger partial charge in [0.05, 0.1) is 0 Å². The first-order valence-corrected chi connectivity index (χ1v) is 4.98. The molecule has 1 aromatic rings. The molecule has 0 fully saturated rings. The Morgan fingerprint density at radius 2 is 1.71 bits per heavy atom. The molecule has 1 aromatic carbocycles. The fourth-order valence-corrected chi connectivity index (χ4v) is 0.881. The molecule has 1 amide bonds. The minimum atomic E-state index is -4.37. The summed E-state index contributed by atoms with van der Waals surface area (Å²) in [5.74, 6) is -0.602. The van der Waals surface area contributed by atoms with E-state index in [1.54, 1.807) is 0 Å². The van der Waals surface area contributed by atoms with Gasteiger partial charge in [-0.15, -0.1) is 0 Å². The minimum absolute atomic E-state index is 0.0392. The number of carbonyl (C=O) groups is 1. The zero-order valence-electron chi connectivity index (χ0n) is 9.54. The summed E-state index contributed by atoms with van der Waals surface area (Å²) in [5.41, 5.74) is 5.16. The van der Waals surface area contributed by atoms with Crippen molar-refractivity contribution in [2.75, 3.05) is 6.61 Å². The lowest BCUT2D eigenvalue weighted by Crippen LogP contribution is -2.19. The molecule has 1 rings (SSSR count). The Balaban J connectivity index is 0.00000121. The van der Waals surface area contributed by atoms with Crippen LogP contribution >= 0.6 is 0 Å².